The van der Waals surface area contributed by atoms with Gasteiger partial charge in [-0.2, -0.15) is 0 Å². The number of ether oxygens (including phenoxy) is 1. The van der Waals surface area contributed by atoms with Gasteiger partial charge >= 0.3 is 5.97 Å². The molecule has 3 aliphatic carbocycles. The summed E-state index contributed by atoms with van der Waals surface area (Å²) in [5, 5.41) is 9.82. The van der Waals surface area contributed by atoms with Gasteiger partial charge in [0.2, 0.25) is 0 Å². The molecule has 230 valence electrons. The van der Waals surface area contributed by atoms with Gasteiger partial charge in [0, 0.05) is 43.0 Å². The number of aryl methyl sites for hydroxylation is 1. The summed E-state index contributed by atoms with van der Waals surface area (Å²) in [5.41, 5.74) is 5.60. The normalized spacial score (nSPS) is 26.6. The molecule has 3 aromatic rings. The Labute approximate surface area is 256 Å². The van der Waals surface area contributed by atoms with Crippen molar-refractivity contribution in [2.45, 2.75) is 82.5 Å². The molecule has 2 aromatic carbocycles. The number of halogens is 1. The number of imidazole rings is 1. The van der Waals surface area contributed by atoms with Crippen molar-refractivity contribution in [3.05, 3.63) is 76.6 Å². The van der Waals surface area contributed by atoms with Crippen LogP contribution in [-0.4, -0.2) is 68.7 Å². The van der Waals surface area contributed by atoms with Crippen LogP contribution in [0, 0.1) is 11.2 Å². The van der Waals surface area contributed by atoms with Crippen LogP contribution in [0.1, 0.15) is 84.4 Å². The molecule has 1 saturated heterocycles. The van der Waals surface area contributed by atoms with Crippen LogP contribution in [-0.2, 0) is 34.5 Å². The SMILES string of the molecule is CCOC(=O)C(c1ncn2c1CCC2)N1Cc2c(F)cc(-c3ccc(C45CC(CN6CCC(O)CC6)(C4)C5)cc3)cc2C1=O. The van der Waals surface area contributed by atoms with Crippen LogP contribution in [0.25, 0.3) is 11.1 Å². The minimum atomic E-state index is -1.01. The number of carbonyl (C=O) groups excluding carboxylic acids is 2. The Morgan fingerprint density at radius 2 is 1.86 bits per heavy atom. The maximum absolute atomic E-state index is 15.6. The average Bonchev–Trinajstić information content (AvgIpc) is 3.68. The largest absolute Gasteiger partial charge is 0.464 e. The van der Waals surface area contributed by atoms with E-state index in [4.69, 9.17) is 4.74 Å². The highest BCUT2D eigenvalue weighted by Crippen LogP contribution is 2.73. The molecule has 9 heteroatoms. The third-order valence-corrected chi connectivity index (χ3v) is 11.0. The summed E-state index contributed by atoms with van der Waals surface area (Å²) < 4.78 is 23.0. The number of aromatic nitrogens is 2. The van der Waals surface area contributed by atoms with E-state index in [9.17, 15) is 14.7 Å². The predicted octanol–water partition coefficient (Wildman–Crippen LogP) is 4.77. The number of amides is 1. The third-order valence-electron chi connectivity index (χ3n) is 11.0. The summed E-state index contributed by atoms with van der Waals surface area (Å²) in [5.74, 6) is -1.36. The van der Waals surface area contributed by atoms with E-state index in [0.29, 0.717) is 27.8 Å². The van der Waals surface area contributed by atoms with Crippen LogP contribution >= 0.6 is 0 Å². The Hall–Kier alpha value is -3.56. The number of aliphatic hydroxyl groups excluding tert-OH is 1. The van der Waals surface area contributed by atoms with Gasteiger partial charge < -0.3 is 24.2 Å². The lowest BCUT2D eigenvalue weighted by Gasteiger charge is -2.72. The zero-order chi connectivity index (χ0) is 30.2. The summed E-state index contributed by atoms with van der Waals surface area (Å²) in [4.78, 5) is 35.5. The first kappa shape index (κ1) is 28.0. The van der Waals surface area contributed by atoms with Crippen molar-refractivity contribution >= 4 is 11.9 Å². The van der Waals surface area contributed by atoms with E-state index in [2.05, 4.69) is 22.0 Å². The molecule has 1 amide bonds. The second kappa shape index (κ2) is 10.2. The standard InChI is InChI=1S/C35H39FN4O4/c1-2-44-33(43)31(30-29-4-3-11-39(29)21-37-30)40-16-27-26(32(40)42)14-23(15-28(27)36)22-5-7-24(8-6-22)35-17-34(18-35,19-35)20-38-12-9-25(41)10-13-38/h5-8,14-15,21,25,31,41H,2-4,9-13,16-20H2,1H3. The van der Waals surface area contributed by atoms with Crippen LogP contribution in [0.3, 0.4) is 0 Å². The van der Waals surface area contributed by atoms with E-state index in [1.807, 2.05) is 16.7 Å². The molecule has 1 unspecified atom stereocenters. The molecule has 2 bridgehead atoms. The summed E-state index contributed by atoms with van der Waals surface area (Å²) in [6.45, 7) is 5.87. The van der Waals surface area contributed by atoms with E-state index in [0.717, 1.165) is 63.1 Å². The maximum atomic E-state index is 15.6. The number of hydrogen-bond donors (Lipinski definition) is 1. The van der Waals surface area contributed by atoms with Crippen LogP contribution in [0.2, 0.25) is 0 Å². The number of nitrogens with zero attached hydrogens (tertiary/aromatic N) is 4. The third kappa shape index (κ3) is 4.34. The van der Waals surface area contributed by atoms with Crippen LogP contribution in [0.4, 0.5) is 4.39 Å². The fraction of sp³-hybridized carbons (Fsp3) is 0.514. The number of piperidine rings is 1. The molecule has 4 fully saturated rings. The second-order valence-electron chi connectivity index (χ2n) is 13.8. The number of carbonyl (C=O) groups is 2. The van der Waals surface area contributed by atoms with Crippen molar-refractivity contribution < 1.29 is 23.8 Å². The zero-order valence-corrected chi connectivity index (χ0v) is 25.2. The first-order chi connectivity index (χ1) is 21.3. The number of fused-ring (bicyclic) bond motifs is 2. The molecule has 1 N–H and O–H groups in total. The van der Waals surface area contributed by atoms with Crippen molar-refractivity contribution in [3.63, 3.8) is 0 Å². The summed E-state index contributed by atoms with van der Waals surface area (Å²) in [7, 11) is 0. The lowest BCUT2D eigenvalue weighted by molar-refractivity contribution is -0.159. The van der Waals surface area contributed by atoms with E-state index in [1.165, 1.54) is 35.8 Å². The molecule has 3 saturated carbocycles. The molecule has 44 heavy (non-hydrogen) atoms. The van der Waals surface area contributed by atoms with Crippen molar-refractivity contribution in [2.75, 3.05) is 26.2 Å². The summed E-state index contributed by atoms with van der Waals surface area (Å²) >= 11 is 0. The van der Waals surface area contributed by atoms with Crippen molar-refractivity contribution in [1.82, 2.24) is 19.4 Å². The van der Waals surface area contributed by atoms with Gasteiger partial charge in [-0.25, -0.2) is 14.2 Å². The topological polar surface area (TPSA) is 87.9 Å². The fourth-order valence-corrected chi connectivity index (χ4v) is 8.94. The quantitative estimate of drug-likeness (QED) is 0.376. The van der Waals surface area contributed by atoms with Gasteiger partial charge in [0.1, 0.15) is 5.82 Å². The van der Waals surface area contributed by atoms with Gasteiger partial charge in [-0.15, -0.1) is 0 Å². The van der Waals surface area contributed by atoms with Gasteiger partial charge in [0.05, 0.1) is 31.3 Å². The number of esters is 1. The predicted molar refractivity (Wildman–Crippen MR) is 161 cm³/mol. The van der Waals surface area contributed by atoms with Gasteiger partial charge in [-0.05, 0) is 91.5 Å². The molecule has 8 nitrogen and oxygen atoms in total. The Kier molecular flexibility index (Phi) is 6.50. The number of likely N-dealkylation sites (tertiary alicyclic amines) is 1. The molecule has 0 spiro atoms. The van der Waals surface area contributed by atoms with Crippen LogP contribution in [0.5, 0.6) is 0 Å². The van der Waals surface area contributed by atoms with Gasteiger partial charge in [-0.1, -0.05) is 24.3 Å². The van der Waals surface area contributed by atoms with E-state index in [1.54, 1.807) is 19.3 Å². The van der Waals surface area contributed by atoms with Crippen molar-refractivity contribution in [2.24, 2.45) is 5.41 Å². The number of rotatable bonds is 8. The van der Waals surface area contributed by atoms with Crippen LogP contribution in [0.15, 0.2) is 42.7 Å². The molecule has 3 aliphatic heterocycles. The number of hydrogen-bond acceptors (Lipinski definition) is 6. The fourth-order valence-electron chi connectivity index (χ4n) is 8.94. The molecule has 1 atom stereocenters. The minimum absolute atomic E-state index is 0.00270. The monoisotopic (exact) mass is 598 g/mol. The van der Waals surface area contributed by atoms with Gasteiger partial charge in [0.25, 0.3) is 5.91 Å². The number of aliphatic hydroxyl groups is 1. The smallest absolute Gasteiger partial charge is 0.335 e. The Balaban J connectivity index is 0.999. The first-order valence-corrected chi connectivity index (χ1v) is 16.1. The van der Waals surface area contributed by atoms with E-state index >= 15 is 4.39 Å². The van der Waals surface area contributed by atoms with Gasteiger partial charge in [0.15, 0.2) is 6.04 Å². The highest BCUT2D eigenvalue weighted by molar-refractivity contribution is 6.02. The van der Waals surface area contributed by atoms with E-state index in [-0.39, 0.29) is 30.6 Å². The Morgan fingerprint density at radius 1 is 1.11 bits per heavy atom. The minimum Gasteiger partial charge on any atom is -0.464 e. The average molecular weight is 599 g/mol. The highest BCUT2D eigenvalue weighted by atomic mass is 19.1. The van der Waals surface area contributed by atoms with Crippen molar-refractivity contribution in [3.8, 4) is 11.1 Å². The van der Waals surface area contributed by atoms with E-state index < -0.39 is 17.8 Å². The molecule has 6 aliphatic rings. The zero-order valence-electron chi connectivity index (χ0n) is 25.2. The molecule has 0 radical (unpaired) electrons. The van der Waals surface area contributed by atoms with Gasteiger partial charge in [-0.3, -0.25) is 4.79 Å². The first-order valence-electron chi connectivity index (χ1n) is 16.1. The van der Waals surface area contributed by atoms with Crippen LogP contribution < -0.4 is 0 Å². The molecular weight excluding hydrogens is 559 g/mol. The highest BCUT2D eigenvalue weighted by Gasteiger charge is 2.68. The molecule has 4 heterocycles. The summed E-state index contributed by atoms with van der Waals surface area (Å²) in [6.07, 6.45) is 8.70. The molecule has 1 aromatic heterocycles. The maximum Gasteiger partial charge on any atom is 0.335 e. The van der Waals surface area contributed by atoms with Crippen molar-refractivity contribution in [1.29, 1.82) is 0 Å². The lowest BCUT2D eigenvalue weighted by Crippen LogP contribution is -2.68. The second-order valence-corrected chi connectivity index (χ2v) is 13.8. The summed E-state index contributed by atoms with van der Waals surface area (Å²) in [6, 6.07) is 10.7. The number of benzene rings is 2. The molecule has 9 rings (SSSR count). The Bertz CT molecular complexity index is 1620. The molecular formula is C35H39FN4O4. The lowest BCUT2D eigenvalue weighted by atomic mass is 9.33. The Morgan fingerprint density at radius 3 is 2.59 bits per heavy atom.